The van der Waals surface area contributed by atoms with Gasteiger partial charge in [0.25, 0.3) is 5.91 Å². The van der Waals surface area contributed by atoms with Crippen molar-refractivity contribution in [3.8, 4) is 11.5 Å². The van der Waals surface area contributed by atoms with Crippen LogP contribution < -0.4 is 14.8 Å². The number of benzene rings is 2. The van der Waals surface area contributed by atoms with E-state index in [0.717, 1.165) is 30.6 Å². The topological polar surface area (TPSA) is 47.6 Å². The lowest BCUT2D eigenvalue weighted by Crippen LogP contribution is -2.47. The van der Waals surface area contributed by atoms with Crippen LogP contribution in [-0.4, -0.2) is 17.6 Å². The highest BCUT2D eigenvalue weighted by atomic mass is 19.1. The van der Waals surface area contributed by atoms with Crippen molar-refractivity contribution in [3.63, 3.8) is 0 Å². The largest absolute Gasteiger partial charge is 0.487 e. The molecule has 150 valence electrons. The zero-order valence-electron chi connectivity index (χ0n) is 16.7. The number of carbonyl (C=O) groups excluding carboxylic acids is 1. The Labute approximate surface area is 166 Å². The number of rotatable bonds is 7. The van der Waals surface area contributed by atoms with Crippen LogP contribution in [0.15, 0.2) is 48.5 Å². The predicted molar refractivity (Wildman–Crippen MR) is 107 cm³/mol. The van der Waals surface area contributed by atoms with E-state index in [1.807, 2.05) is 31.2 Å². The molecule has 3 rings (SSSR count). The zero-order chi connectivity index (χ0) is 20.1. The summed E-state index contributed by atoms with van der Waals surface area (Å²) in [5.41, 5.74) is 0.705. The Hall–Kier alpha value is -2.56. The van der Waals surface area contributed by atoms with Crippen molar-refractivity contribution in [3.05, 3.63) is 59.9 Å². The molecule has 0 unspecified atom stereocenters. The summed E-state index contributed by atoms with van der Waals surface area (Å²) in [6.45, 7) is 6.12. The molecule has 1 heterocycles. The minimum atomic E-state index is -0.641. The van der Waals surface area contributed by atoms with Crippen molar-refractivity contribution in [1.82, 2.24) is 5.32 Å². The van der Waals surface area contributed by atoms with E-state index >= 15 is 0 Å². The number of fused-ring (bicyclic) bond motifs is 1. The monoisotopic (exact) mass is 385 g/mol. The molecular weight excluding hydrogens is 357 g/mol. The Morgan fingerprint density at radius 1 is 1.18 bits per heavy atom. The van der Waals surface area contributed by atoms with Gasteiger partial charge in [-0.1, -0.05) is 39.0 Å². The fourth-order valence-electron chi connectivity index (χ4n) is 3.69. The van der Waals surface area contributed by atoms with Gasteiger partial charge in [-0.3, -0.25) is 4.79 Å². The van der Waals surface area contributed by atoms with Gasteiger partial charge in [0.1, 0.15) is 22.9 Å². The first-order chi connectivity index (χ1) is 13.5. The van der Waals surface area contributed by atoms with Crippen LogP contribution in [0, 0.1) is 5.82 Å². The van der Waals surface area contributed by atoms with Crippen LogP contribution in [0.3, 0.4) is 0 Å². The highest BCUT2D eigenvalue weighted by molar-refractivity contribution is 5.81. The quantitative estimate of drug-likeness (QED) is 0.714. The smallest absolute Gasteiger partial charge is 0.261 e. The van der Waals surface area contributed by atoms with Gasteiger partial charge < -0.3 is 14.8 Å². The number of halogens is 1. The Morgan fingerprint density at radius 2 is 1.86 bits per heavy atom. The maximum atomic E-state index is 13.1. The summed E-state index contributed by atoms with van der Waals surface area (Å²) in [4.78, 5) is 13.0. The highest BCUT2D eigenvalue weighted by Crippen LogP contribution is 2.42. The van der Waals surface area contributed by atoms with E-state index < -0.39 is 6.10 Å². The molecule has 0 spiro atoms. The Bertz CT molecular complexity index is 802. The minimum Gasteiger partial charge on any atom is -0.487 e. The lowest BCUT2D eigenvalue weighted by atomic mass is 9.83. The number of ether oxygens (including phenoxy) is 2. The summed E-state index contributed by atoms with van der Waals surface area (Å²) in [5, 5.41) is 3.16. The zero-order valence-corrected chi connectivity index (χ0v) is 16.7. The van der Waals surface area contributed by atoms with Crippen molar-refractivity contribution < 1.29 is 18.7 Å². The molecule has 1 amide bonds. The summed E-state index contributed by atoms with van der Waals surface area (Å²) in [6, 6.07) is 13.4. The van der Waals surface area contributed by atoms with E-state index in [0.29, 0.717) is 12.2 Å². The molecule has 0 fully saturated rings. The van der Waals surface area contributed by atoms with Crippen molar-refractivity contribution in [2.75, 3.05) is 0 Å². The molecule has 0 saturated heterocycles. The van der Waals surface area contributed by atoms with Gasteiger partial charge in [0, 0.05) is 12.0 Å². The number of nitrogens with one attached hydrogen (secondary N) is 1. The fourth-order valence-corrected chi connectivity index (χ4v) is 3.69. The van der Waals surface area contributed by atoms with Gasteiger partial charge in [0.2, 0.25) is 0 Å². The normalized spacial score (nSPS) is 18.5. The molecule has 0 aliphatic carbocycles. The molecule has 1 aliphatic rings. The summed E-state index contributed by atoms with van der Waals surface area (Å²) < 4.78 is 25.2. The van der Waals surface area contributed by atoms with E-state index in [1.165, 1.54) is 24.3 Å². The van der Waals surface area contributed by atoms with Crippen LogP contribution in [0.25, 0.3) is 0 Å². The average Bonchev–Trinajstić information content (AvgIpc) is 2.73. The molecule has 0 bridgehead atoms. The second-order valence-corrected chi connectivity index (χ2v) is 7.26. The van der Waals surface area contributed by atoms with Gasteiger partial charge in [0.15, 0.2) is 6.10 Å². The fraction of sp³-hybridized carbons (Fsp3) is 0.435. The van der Waals surface area contributed by atoms with E-state index in [9.17, 15) is 9.18 Å². The molecule has 28 heavy (non-hydrogen) atoms. The van der Waals surface area contributed by atoms with Gasteiger partial charge in [-0.2, -0.15) is 0 Å². The second kappa shape index (κ2) is 8.63. The van der Waals surface area contributed by atoms with Crippen molar-refractivity contribution >= 4 is 5.91 Å². The van der Waals surface area contributed by atoms with E-state index in [-0.39, 0.29) is 23.4 Å². The average molecular weight is 385 g/mol. The molecule has 0 aromatic heterocycles. The van der Waals surface area contributed by atoms with E-state index in [4.69, 9.17) is 9.47 Å². The molecule has 1 aliphatic heterocycles. The number of hydrogen-bond donors (Lipinski definition) is 1. The molecule has 2 aromatic rings. The summed E-state index contributed by atoms with van der Waals surface area (Å²) >= 11 is 0. The van der Waals surface area contributed by atoms with Crippen LogP contribution in [0.4, 0.5) is 4.39 Å². The van der Waals surface area contributed by atoms with Crippen LogP contribution in [0.2, 0.25) is 0 Å². The van der Waals surface area contributed by atoms with Gasteiger partial charge >= 0.3 is 0 Å². The molecule has 2 aromatic carbocycles. The van der Waals surface area contributed by atoms with Gasteiger partial charge in [-0.15, -0.1) is 0 Å². The third kappa shape index (κ3) is 4.29. The number of amides is 1. The predicted octanol–water partition coefficient (Wildman–Crippen LogP) is 5.18. The summed E-state index contributed by atoms with van der Waals surface area (Å²) in [5.74, 6) is 0.802. The first kappa shape index (κ1) is 20.2. The molecule has 0 radical (unpaired) electrons. The Kier molecular flexibility index (Phi) is 6.22. The van der Waals surface area contributed by atoms with Gasteiger partial charge in [0.05, 0.1) is 6.04 Å². The van der Waals surface area contributed by atoms with Gasteiger partial charge in [-0.25, -0.2) is 4.39 Å². The van der Waals surface area contributed by atoms with Gasteiger partial charge in [-0.05, 0) is 49.6 Å². The summed E-state index contributed by atoms with van der Waals surface area (Å²) in [7, 11) is 0. The van der Waals surface area contributed by atoms with Crippen LogP contribution in [0.5, 0.6) is 11.5 Å². The molecular formula is C23H28FNO3. The van der Waals surface area contributed by atoms with Crippen molar-refractivity contribution in [2.45, 2.75) is 64.2 Å². The van der Waals surface area contributed by atoms with Crippen LogP contribution in [0.1, 0.15) is 58.1 Å². The lowest BCUT2D eigenvalue weighted by Gasteiger charge is -2.42. The number of para-hydroxylation sites is 1. The molecule has 5 heteroatoms. The molecule has 4 nitrogen and oxygen atoms in total. The maximum absolute atomic E-state index is 13.1. The third-order valence-corrected chi connectivity index (χ3v) is 5.56. The highest BCUT2D eigenvalue weighted by Gasteiger charge is 2.39. The second-order valence-electron chi connectivity index (χ2n) is 7.26. The van der Waals surface area contributed by atoms with Crippen LogP contribution in [-0.2, 0) is 4.79 Å². The van der Waals surface area contributed by atoms with E-state index in [1.54, 1.807) is 0 Å². The van der Waals surface area contributed by atoms with Crippen molar-refractivity contribution in [2.24, 2.45) is 0 Å². The first-order valence-electron chi connectivity index (χ1n) is 10.0. The minimum absolute atomic E-state index is 0.136. The molecule has 2 atom stereocenters. The van der Waals surface area contributed by atoms with E-state index in [2.05, 4.69) is 19.2 Å². The Balaban J connectivity index is 1.78. The van der Waals surface area contributed by atoms with Crippen LogP contribution >= 0.6 is 0 Å². The lowest BCUT2D eigenvalue weighted by molar-refractivity contribution is -0.129. The third-order valence-electron chi connectivity index (χ3n) is 5.56. The number of hydrogen-bond acceptors (Lipinski definition) is 3. The van der Waals surface area contributed by atoms with Crippen molar-refractivity contribution in [1.29, 1.82) is 0 Å². The first-order valence-corrected chi connectivity index (χ1v) is 10.0. The molecule has 1 N–H and O–H groups in total. The molecule has 0 saturated carbocycles. The standard InChI is InChI=1S/C23H28FNO3/c1-4-20(27-17-13-11-16(24)12-14-17)22(26)25-19-15-23(5-2,6-3)28-21-10-8-7-9-18(19)21/h7-14,19-20H,4-6,15H2,1-3H3,(H,25,26)/t19-,20+/m1/s1. The Morgan fingerprint density at radius 3 is 2.50 bits per heavy atom. The SMILES string of the molecule is CC[C@H](Oc1ccc(F)cc1)C(=O)N[C@@H]1CC(CC)(CC)Oc2ccccc21. The summed E-state index contributed by atoms with van der Waals surface area (Å²) in [6.07, 6.45) is 2.33. The maximum Gasteiger partial charge on any atom is 0.261 e. The number of carbonyl (C=O) groups is 1.